The highest BCUT2D eigenvalue weighted by atomic mass is 32.1. The molecule has 0 aliphatic carbocycles. The van der Waals surface area contributed by atoms with Gasteiger partial charge < -0.3 is 10.6 Å². The van der Waals surface area contributed by atoms with Gasteiger partial charge in [-0.1, -0.05) is 6.07 Å². The Balaban J connectivity index is 1.60. The van der Waals surface area contributed by atoms with Gasteiger partial charge in [0, 0.05) is 24.5 Å². The van der Waals surface area contributed by atoms with Gasteiger partial charge >= 0.3 is 0 Å². The average Bonchev–Trinajstić information content (AvgIpc) is 3.09. The van der Waals surface area contributed by atoms with E-state index in [9.17, 15) is 0 Å². The first kappa shape index (κ1) is 11.3. The number of rotatable bonds is 4. The SMILES string of the molecule is c1csc(-c2nc(CNC3CCNC3)cs2)c1. The normalized spacial score (nSPS) is 19.9. The lowest BCUT2D eigenvalue weighted by atomic mass is 10.2. The molecule has 2 aromatic rings. The monoisotopic (exact) mass is 265 g/mol. The van der Waals surface area contributed by atoms with E-state index in [1.165, 1.54) is 11.3 Å². The second kappa shape index (κ2) is 5.27. The molecule has 3 rings (SSSR count). The van der Waals surface area contributed by atoms with Crippen molar-refractivity contribution in [2.24, 2.45) is 0 Å². The molecule has 1 aliphatic rings. The predicted octanol–water partition coefficient (Wildman–Crippen LogP) is 2.32. The maximum absolute atomic E-state index is 4.66. The molecule has 5 heteroatoms. The van der Waals surface area contributed by atoms with Gasteiger partial charge in [-0.25, -0.2) is 4.98 Å². The van der Waals surface area contributed by atoms with E-state index in [-0.39, 0.29) is 0 Å². The van der Waals surface area contributed by atoms with Crippen molar-refractivity contribution < 1.29 is 0 Å². The van der Waals surface area contributed by atoms with Crippen LogP contribution >= 0.6 is 22.7 Å². The molecule has 17 heavy (non-hydrogen) atoms. The Hall–Kier alpha value is -0.750. The predicted molar refractivity (Wildman–Crippen MR) is 73.5 cm³/mol. The minimum atomic E-state index is 0.613. The van der Waals surface area contributed by atoms with Crippen LogP contribution in [-0.2, 0) is 6.54 Å². The van der Waals surface area contributed by atoms with Gasteiger partial charge in [-0.3, -0.25) is 0 Å². The van der Waals surface area contributed by atoms with Gasteiger partial charge in [0.05, 0.1) is 10.6 Å². The molecule has 1 fully saturated rings. The Bertz CT molecular complexity index is 458. The Morgan fingerprint density at radius 3 is 3.24 bits per heavy atom. The molecule has 1 aliphatic heterocycles. The zero-order valence-corrected chi connectivity index (χ0v) is 11.1. The first-order chi connectivity index (χ1) is 8.42. The number of nitrogens with zero attached hydrogens (tertiary/aromatic N) is 1. The fraction of sp³-hybridized carbons (Fsp3) is 0.417. The van der Waals surface area contributed by atoms with E-state index in [0.29, 0.717) is 6.04 Å². The van der Waals surface area contributed by atoms with Crippen LogP contribution in [0.1, 0.15) is 12.1 Å². The van der Waals surface area contributed by atoms with Crippen molar-refractivity contribution in [3.05, 3.63) is 28.6 Å². The number of hydrogen-bond donors (Lipinski definition) is 2. The lowest BCUT2D eigenvalue weighted by molar-refractivity contribution is 0.543. The quantitative estimate of drug-likeness (QED) is 0.891. The van der Waals surface area contributed by atoms with Crippen molar-refractivity contribution in [2.45, 2.75) is 19.0 Å². The van der Waals surface area contributed by atoms with E-state index in [1.807, 2.05) is 0 Å². The summed E-state index contributed by atoms with van der Waals surface area (Å²) in [4.78, 5) is 5.93. The summed E-state index contributed by atoms with van der Waals surface area (Å²) in [5.74, 6) is 0. The third-order valence-electron chi connectivity index (χ3n) is 2.92. The highest BCUT2D eigenvalue weighted by Crippen LogP contribution is 2.27. The van der Waals surface area contributed by atoms with E-state index < -0.39 is 0 Å². The van der Waals surface area contributed by atoms with E-state index >= 15 is 0 Å². The molecule has 2 aromatic heterocycles. The highest BCUT2D eigenvalue weighted by Gasteiger charge is 2.14. The van der Waals surface area contributed by atoms with Gasteiger partial charge in [-0.05, 0) is 24.4 Å². The van der Waals surface area contributed by atoms with Crippen LogP contribution in [0.2, 0.25) is 0 Å². The van der Waals surface area contributed by atoms with Crippen molar-refractivity contribution in [3.63, 3.8) is 0 Å². The van der Waals surface area contributed by atoms with Crippen LogP contribution in [0.25, 0.3) is 9.88 Å². The fourth-order valence-electron chi connectivity index (χ4n) is 1.98. The van der Waals surface area contributed by atoms with Crippen molar-refractivity contribution in [1.29, 1.82) is 0 Å². The molecule has 0 amide bonds. The maximum Gasteiger partial charge on any atom is 0.133 e. The highest BCUT2D eigenvalue weighted by molar-refractivity contribution is 7.20. The van der Waals surface area contributed by atoms with Crippen LogP contribution in [-0.4, -0.2) is 24.1 Å². The summed E-state index contributed by atoms with van der Waals surface area (Å²) in [5.41, 5.74) is 1.16. The van der Waals surface area contributed by atoms with Crippen LogP contribution in [0.15, 0.2) is 22.9 Å². The number of thiazole rings is 1. The van der Waals surface area contributed by atoms with Gasteiger partial charge in [0.15, 0.2) is 0 Å². The molecule has 1 atom stereocenters. The lowest BCUT2D eigenvalue weighted by Gasteiger charge is -2.08. The molecule has 2 N–H and O–H groups in total. The molecular formula is C12H15N3S2. The second-order valence-corrected chi connectivity index (χ2v) is 6.00. The van der Waals surface area contributed by atoms with Crippen molar-refractivity contribution in [2.75, 3.05) is 13.1 Å². The Labute approximate surface area is 109 Å². The number of thiophene rings is 1. The van der Waals surface area contributed by atoms with E-state index in [4.69, 9.17) is 0 Å². The largest absolute Gasteiger partial charge is 0.315 e. The minimum absolute atomic E-state index is 0.613. The van der Waals surface area contributed by atoms with Gasteiger partial charge in [0.25, 0.3) is 0 Å². The van der Waals surface area contributed by atoms with Crippen LogP contribution in [0.3, 0.4) is 0 Å². The third-order valence-corrected chi connectivity index (χ3v) is 4.85. The molecule has 0 saturated carbocycles. The first-order valence-electron chi connectivity index (χ1n) is 5.84. The van der Waals surface area contributed by atoms with Crippen LogP contribution in [0, 0.1) is 0 Å². The molecule has 0 aromatic carbocycles. The molecular weight excluding hydrogens is 250 g/mol. The zero-order chi connectivity index (χ0) is 11.5. The number of nitrogens with one attached hydrogen (secondary N) is 2. The van der Waals surface area contributed by atoms with Gasteiger partial charge in [0.1, 0.15) is 5.01 Å². The summed E-state index contributed by atoms with van der Waals surface area (Å²) in [6, 6.07) is 4.81. The van der Waals surface area contributed by atoms with Gasteiger partial charge in [-0.2, -0.15) is 0 Å². The topological polar surface area (TPSA) is 37.0 Å². The summed E-state index contributed by atoms with van der Waals surface area (Å²) >= 11 is 3.48. The molecule has 1 unspecified atom stereocenters. The maximum atomic E-state index is 4.66. The fourth-order valence-corrected chi connectivity index (χ4v) is 3.61. The zero-order valence-electron chi connectivity index (χ0n) is 9.48. The second-order valence-electron chi connectivity index (χ2n) is 4.19. The molecule has 0 radical (unpaired) electrons. The average molecular weight is 265 g/mol. The van der Waals surface area contributed by atoms with Crippen LogP contribution in [0.4, 0.5) is 0 Å². The van der Waals surface area contributed by atoms with E-state index in [1.54, 1.807) is 22.7 Å². The molecule has 3 heterocycles. The molecule has 0 bridgehead atoms. The van der Waals surface area contributed by atoms with Gasteiger partial charge in [-0.15, -0.1) is 22.7 Å². The summed E-state index contributed by atoms with van der Waals surface area (Å²) in [5, 5.41) is 12.3. The third kappa shape index (κ3) is 2.74. The number of hydrogen-bond acceptors (Lipinski definition) is 5. The Morgan fingerprint density at radius 2 is 2.47 bits per heavy atom. The number of aromatic nitrogens is 1. The van der Waals surface area contributed by atoms with Crippen molar-refractivity contribution in [3.8, 4) is 9.88 Å². The molecule has 0 spiro atoms. The van der Waals surface area contributed by atoms with Gasteiger partial charge in [0.2, 0.25) is 0 Å². The summed E-state index contributed by atoms with van der Waals surface area (Å²) in [7, 11) is 0. The Kier molecular flexibility index (Phi) is 3.51. The summed E-state index contributed by atoms with van der Waals surface area (Å²) in [6.45, 7) is 3.10. The van der Waals surface area contributed by atoms with Crippen molar-refractivity contribution >= 4 is 22.7 Å². The van der Waals surface area contributed by atoms with E-state index in [2.05, 4.69) is 38.5 Å². The first-order valence-corrected chi connectivity index (χ1v) is 7.60. The van der Waals surface area contributed by atoms with E-state index in [0.717, 1.165) is 30.3 Å². The molecule has 90 valence electrons. The molecule has 1 saturated heterocycles. The van der Waals surface area contributed by atoms with Crippen LogP contribution in [0.5, 0.6) is 0 Å². The lowest BCUT2D eigenvalue weighted by Crippen LogP contribution is -2.30. The van der Waals surface area contributed by atoms with Crippen molar-refractivity contribution in [1.82, 2.24) is 15.6 Å². The smallest absolute Gasteiger partial charge is 0.133 e. The Morgan fingerprint density at radius 1 is 1.47 bits per heavy atom. The minimum Gasteiger partial charge on any atom is -0.315 e. The molecule has 3 nitrogen and oxygen atoms in total. The standard InChI is InChI=1S/C12H15N3S2/c1-2-11(16-5-1)12-15-10(8-17-12)7-14-9-3-4-13-6-9/h1-2,5,8-9,13-14H,3-4,6-7H2. The summed E-state index contributed by atoms with van der Waals surface area (Å²) in [6.07, 6.45) is 1.22. The summed E-state index contributed by atoms with van der Waals surface area (Å²) < 4.78 is 0. The van der Waals surface area contributed by atoms with Crippen LogP contribution < -0.4 is 10.6 Å².